The first kappa shape index (κ1) is 10.7. The number of nitrogens with zero attached hydrogens (tertiary/aromatic N) is 2. The Hall–Kier alpha value is -1.36. The molecule has 0 radical (unpaired) electrons. The lowest BCUT2D eigenvalue weighted by atomic mass is 10.3. The van der Waals surface area contributed by atoms with Crippen LogP contribution in [0.3, 0.4) is 0 Å². The van der Waals surface area contributed by atoms with Gasteiger partial charge in [-0.25, -0.2) is 4.79 Å². The number of aryl methyl sites for hydroxylation is 1. The molecule has 0 aromatic carbocycles. The highest BCUT2D eigenvalue weighted by atomic mass is 16.5. The minimum absolute atomic E-state index is 0.0438. The molecular weight excluding hydrogens is 182 g/mol. The van der Waals surface area contributed by atoms with Crippen molar-refractivity contribution in [1.82, 2.24) is 9.78 Å². The molecule has 1 aromatic rings. The van der Waals surface area contributed by atoms with Gasteiger partial charge in [0.2, 0.25) is 0 Å². The van der Waals surface area contributed by atoms with Crippen LogP contribution in [0.5, 0.6) is 0 Å². The first-order valence-electron chi connectivity index (χ1n) is 4.43. The lowest BCUT2D eigenvalue weighted by Crippen LogP contribution is -2.25. The van der Waals surface area contributed by atoms with Crippen molar-refractivity contribution in [2.75, 3.05) is 7.11 Å². The Balaban J connectivity index is 2.96. The van der Waals surface area contributed by atoms with E-state index in [1.165, 1.54) is 7.11 Å². The van der Waals surface area contributed by atoms with Gasteiger partial charge >= 0.3 is 5.97 Å². The first-order chi connectivity index (χ1) is 6.54. The number of hydrogen-bond acceptors (Lipinski definition) is 4. The van der Waals surface area contributed by atoms with Crippen molar-refractivity contribution in [3.63, 3.8) is 0 Å². The molecule has 5 nitrogen and oxygen atoms in total. The van der Waals surface area contributed by atoms with Crippen LogP contribution < -0.4 is 5.73 Å². The highest BCUT2D eigenvalue weighted by Crippen LogP contribution is 2.05. The maximum absolute atomic E-state index is 11.3. The van der Waals surface area contributed by atoms with Crippen molar-refractivity contribution >= 4 is 5.97 Å². The molecule has 0 aliphatic carbocycles. The summed E-state index contributed by atoms with van der Waals surface area (Å²) in [6.07, 6.45) is 0. The van der Waals surface area contributed by atoms with Crippen molar-refractivity contribution in [3.8, 4) is 0 Å². The van der Waals surface area contributed by atoms with Crippen LogP contribution in [0.2, 0.25) is 0 Å². The maximum Gasteiger partial charge on any atom is 0.356 e. The Kier molecular flexibility index (Phi) is 3.24. The fourth-order valence-corrected chi connectivity index (χ4v) is 1.23. The van der Waals surface area contributed by atoms with Crippen LogP contribution in [-0.4, -0.2) is 28.9 Å². The molecule has 5 heteroatoms. The summed E-state index contributed by atoms with van der Waals surface area (Å²) in [6.45, 7) is 4.19. The minimum Gasteiger partial charge on any atom is -0.464 e. The summed E-state index contributed by atoms with van der Waals surface area (Å²) in [7, 11) is 1.35. The van der Waals surface area contributed by atoms with E-state index in [2.05, 4.69) is 9.84 Å². The van der Waals surface area contributed by atoms with Gasteiger partial charge in [-0.15, -0.1) is 0 Å². The molecule has 14 heavy (non-hydrogen) atoms. The third-order valence-corrected chi connectivity index (χ3v) is 1.76. The number of nitrogens with two attached hydrogens (primary N) is 1. The Morgan fingerprint density at radius 1 is 1.79 bits per heavy atom. The normalized spacial score (nSPS) is 12.6. The van der Waals surface area contributed by atoms with Crippen molar-refractivity contribution in [2.45, 2.75) is 26.4 Å². The SMILES string of the molecule is COC(=O)c1cc(C)nn1CC(C)N. The number of carbonyl (C=O) groups is 1. The summed E-state index contributed by atoms with van der Waals surface area (Å²) in [6, 6.07) is 1.64. The van der Waals surface area contributed by atoms with Crippen LogP contribution in [0.1, 0.15) is 23.1 Å². The maximum atomic E-state index is 11.3. The van der Waals surface area contributed by atoms with Crippen LogP contribution in [0.4, 0.5) is 0 Å². The van der Waals surface area contributed by atoms with Gasteiger partial charge in [0.1, 0.15) is 5.69 Å². The third-order valence-electron chi connectivity index (χ3n) is 1.76. The number of esters is 1. The van der Waals surface area contributed by atoms with Crippen LogP contribution in [0, 0.1) is 6.92 Å². The summed E-state index contributed by atoms with van der Waals surface area (Å²) in [5.41, 5.74) is 6.86. The molecule has 0 spiro atoms. The van der Waals surface area contributed by atoms with E-state index in [0.717, 1.165) is 5.69 Å². The monoisotopic (exact) mass is 197 g/mol. The average Bonchev–Trinajstić information content (AvgIpc) is 2.44. The topological polar surface area (TPSA) is 70.1 Å². The summed E-state index contributed by atoms with van der Waals surface area (Å²) in [5.74, 6) is -0.383. The molecule has 1 heterocycles. The van der Waals surface area contributed by atoms with Crippen LogP contribution in [0.25, 0.3) is 0 Å². The predicted octanol–water partition coefficient (Wildman–Crippen LogP) is 0.325. The summed E-state index contributed by atoms with van der Waals surface area (Å²) in [4.78, 5) is 11.3. The average molecular weight is 197 g/mol. The number of hydrogen-bond donors (Lipinski definition) is 1. The fraction of sp³-hybridized carbons (Fsp3) is 0.556. The number of methoxy groups -OCH3 is 1. The Morgan fingerprint density at radius 3 is 2.93 bits per heavy atom. The number of aromatic nitrogens is 2. The van der Waals surface area contributed by atoms with Gasteiger partial charge in [0.05, 0.1) is 19.3 Å². The van der Waals surface area contributed by atoms with Crippen LogP contribution in [0.15, 0.2) is 6.07 Å². The zero-order chi connectivity index (χ0) is 10.7. The van der Waals surface area contributed by atoms with Gasteiger partial charge in [0, 0.05) is 6.04 Å². The van der Waals surface area contributed by atoms with E-state index < -0.39 is 0 Å². The summed E-state index contributed by atoms with van der Waals surface area (Å²) in [5, 5.41) is 4.16. The van der Waals surface area contributed by atoms with Gasteiger partial charge in [-0.1, -0.05) is 0 Å². The van der Waals surface area contributed by atoms with Gasteiger partial charge in [0.25, 0.3) is 0 Å². The zero-order valence-corrected chi connectivity index (χ0v) is 8.65. The lowest BCUT2D eigenvalue weighted by molar-refractivity contribution is 0.0586. The molecular formula is C9H15N3O2. The third kappa shape index (κ3) is 2.32. The van der Waals surface area contributed by atoms with Crippen molar-refractivity contribution in [1.29, 1.82) is 0 Å². The van der Waals surface area contributed by atoms with E-state index in [0.29, 0.717) is 12.2 Å². The van der Waals surface area contributed by atoms with E-state index in [1.807, 2.05) is 13.8 Å². The molecule has 1 unspecified atom stereocenters. The minimum atomic E-state index is -0.383. The Bertz CT molecular complexity index is 331. The van der Waals surface area contributed by atoms with E-state index >= 15 is 0 Å². The molecule has 2 N–H and O–H groups in total. The van der Waals surface area contributed by atoms with Crippen molar-refractivity contribution in [2.24, 2.45) is 5.73 Å². The van der Waals surface area contributed by atoms with Gasteiger partial charge in [-0.05, 0) is 19.9 Å². The van der Waals surface area contributed by atoms with Gasteiger partial charge in [-0.3, -0.25) is 4.68 Å². The van der Waals surface area contributed by atoms with E-state index in [-0.39, 0.29) is 12.0 Å². The van der Waals surface area contributed by atoms with Gasteiger partial charge in [0.15, 0.2) is 0 Å². The first-order valence-corrected chi connectivity index (χ1v) is 4.43. The molecule has 0 aliphatic heterocycles. The van der Waals surface area contributed by atoms with Crippen molar-refractivity contribution in [3.05, 3.63) is 17.5 Å². The lowest BCUT2D eigenvalue weighted by Gasteiger charge is -2.07. The molecule has 1 aromatic heterocycles. The Labute approximate surface area is 82.8 Å². The summed E-state index contributed by atoms with van der Waals surface area (Å²) < 4.78 is 6.21. The largest absolute Gasteiger partial charge is 0.464 e. The fourth-order valence-electron chi connectivity index (χ4n) is 1.23. The van der Waals surface area contributed by atoms with Gasteiger partial charge < -0.3 is 10.5 Å². The molecule has 0 amide bonds. The molecule has 0 aliphatic rings. The smallest absolute Gasteiger partial charge is 0.356 e. The molecule has 0 bridgehead atoms. The number of ether oxygens (including phenoxy) is 1. The molecule has 78 valence electrons. The highest BCUT2D eigenvalue weighted by Gasteiger charge is 2.14. The summed E-state index contributed by atoms with van der Waals surface area (Å²) >= 11 is 0. The number of rotatable bonds is 3. The molecule has 0 fully saturated rings. The van der Waals surface area contributed by atoms with Crippen LogP contribution >= 0.6 is 0 Å². The Morgan fingerprint density at radius 2 is 2.43 bits per heavy atom. The van der Waals surface area contributed by atoms with Crippen LogP contribution in [-0.2, 0) is 11.3 Å². The molecule has 0 saturated heterocycles. The standard InChI is InChI=1S/C9H15N3O2/c1-6(10)5-12-8(9(13)14-3)4-7(2)11-12/h4,6H,5,10H2,1-3H3. The second-order valence-corrected chi connectivity index (χ2v) is 3.32. The second-order valence-electron chi connectivity index (χ2n) is 3.32. The molecule has 1 rings (SSSR count). The van der Waals surface area contributed by atoms with E-state index in [9.17, 15) is 4.79 Å². The van der Waals surface area contributed by atoms with Gasteiger partial charge in [-0.2, -0.15) is 5.10 Å². The van der Waals surface area contributed by atoms with E-state index in [4.69, 9.17) is 5.73 Å². The predicted molar refractivity (Wildman–Crippen MR) is 52.0 cm³/mol. The highest BCUT2D eigenvalue weighted by molar-refractivity contribution is 5.87. The quantitative estimate of drug-likeness (QED) is 0.709. The second kappa shape index (κ2) is 4.23. The molecule has 0 saturated carbocycles. The number of carbonyl (C=O) groups excluding carboxylic acids is 1. The zero-order valence-electron chi connectivity index (χ0n) is 8.65. The van der Waals surface area contributed by atoms with Crippen molar-refractivity contribution < 1.29 is 9.53 Å². The van der Waals surface area contributed by atoms with E-state index in [1.54, 1.807) is 10.7 Å². The molecule has 1 atom stereocenters.